The lowest BCUT2D eigenvalue weighted by atomic mass is 10.1. The molecule has 0 aliphatic heterocycles. The Bertz CT molecular complexity index is 1070. The standard InChI is InChI=1S/C23H23ClN2O4/c1-14-11-18(24)7-8-20(14)25-23(27)10-6-17-5-9-21(22(12-17)28-4)29-13-19-15(2)26-30-16(19)3/h5-12H,13H2,1-4H3,(H,25,27)/b10-6+. The topological polar surface area (TPSA) is 73.6 Å². The van der Waals surface area contributed by atoms with E-state index in [9.17, 15) is 4.79 Å². The summed E-state index contributed by atoms with van der Waals surface area (Å²) in [6.07, 6.45) is 3.17. The van der Waals surface area contributed by atoms with Gasteiger partial charge in [-0.3, -0.25) is 4.79 Å². The highest BCUT2D eigenvalue weighted by Gasteiger charge is 2.12. The molecule has 30 heavy (non-hydrogen) atoms. The number of rotatable bonds is 7. The summed E-state index contributed by atoms with van der Waals surface area (Å²) in [5.41, 5.74) is 4.13. The minimum Gasteiger partial charge on any atom is -0.493 e. The van der Waals surface area contributed by atoms with Gasteiger partial charge in [0.1, 0.15) is 12.4 Å². The first-order chi connectivity index (χ1) is 14.4. The van der Waals surface area contributed by atoms with E-state index < -0.39 is 0 Å². The van der Waals surface area contributed by atoms with Crippen molar-refractivity contribution in [1.82, 2.24) is 5.16 Å². The normalized spacial score (nSPS) is 11.0. The van der Waals surface area contributed by atoms with Crippen LogP contribution in [0.15, 0.2) is 47.0 Å². The van der Waals surface area contributed by atoms with E-state index in [1.54, 1.807) is 43.5 Å². The summed E-state index contributed by atoms with van der Waals surface area (Å²) in [6.45, 7) is 5.93. The Morgan fingerprint density at radius 1 is 1.17 bits per heavy atom. The fourth-order valence-corrected chi connectivity index (χ4v) is 3.11. The van der Waals surface area contributed by atoms with Crippen LogP contribution in [0.5, 0.6) is 11.5 Å². The molecule has 0 spiro atoms. The van der Waals surface area contributed by atoms with E-state index in [4.69, 9.17) is 25.6 Å². The molecule has 7 heteroatoms. The quantitative estimate of drug-likeness (QED) is 0.505. The zero-order chi connectivity index (χ0) is 21.7. The number of aryl methyl sites for hydroxylation is 3. The van der Waals surface area contributed by atoms with Gasteiger partial charge < -0.3 is 19.3 Å². The number of nitrogens with one attached hydrogen (secondary N) is 1. The van der Waals surface area contributed by atoms with Gasteiger partial charge in [-0.2, -0.15) is 0 Å². The molecule has 1 N–H and O–H groups in total. The molecule has 3 aromatic rings. The number of amides is 1. The lowest BCUT2D eigenvalue weighted by Crippen LogP contribution is -2.08. The second-order valence-electron chi connectivity index (χ2n) is 6.78. The fraction of sp³-hybridized carbons (Fsp3) is 0.217. The Kier molecular flexibility index (Phi) is 6.79. The molecule has 0 unspecified atom stereocenters. The number of nitrogens with zero attached hydrogens (tertiary/aromatic N) is 1. The maximum absolute atomic E-state index is 12.2. The van der Waals surface area contributed by atoms with Crippen molar-refractivity contribution in [2.75, 3.05) is 12.4 Å². The largest absolute Gasteiger partial charge is 0.493 e. The van der Waals surface area contributed by atoms with Gasteiger partial charge >= 0.3 is 0 Å². The van der Waals surface area contributed by atoms with Crippen molar-refractivity contribution < 1.29 is 18.8 Å². The van der Waals surface area contributed by atoms with Crippen molar-refractivity contribution in [3.63, 3.8) is 0 Å². The van der Waals surface area contributed by atoms with E-state index in [1.165, 1.54) is 6.08 Å². The lowest BCUT2D eigenvalue weighted by Gasteiger charge is -2.11. The summed E-state index contributed by atoms with van der Waals surface area (Å²) in [5, 5.41) is 7.39. The van der Waals surface area contributed by atoms with E-state index in [2.05, 4.69) is 10.5 Å². The van der Waals surface area contributed by atoms with Gasteiger partial charge in [0.15, 0.2) is 11.5 Å². The van der Waals surface area contributed by atoms with Crippen LogP contribution >= 0.6 is 11.6 Å². The first kappa shape index (κ1) is 21.5. The molecule has 0 saturated carbocycles. The van der Waals surface area contributed by atoms with Crippen molar-refractivity contribution in [1.29, 1.82) is 0 Å². The van der Waals surface area contributed by atoms with Gasteiger partial charge in [-0.1, -0.05) is 22.8 Å². The van der Waals surface area contributed by atoms with Gasteiger partial charge in [-0.25, -0.2) is 0 Å². The number of halogens is 1. The highest BCUT2D eigenvalue weighted by atomic mass is 35.5. The van der Waals surface area contributed by atoms with Crippen LogP contribution in [0.25, 0.3) is 6.08 Å². The number of methoxy groups -OCH3 is 1. The molecular weight excluding hydrogens is 404 g/mol. The van der Waals surface area contributed by atoms with Crippen molar-refractivity contribution in [2.24, 2.45) is 0 Å². The zero-order valence-electron chi connectivity index (χ0n) is 17.3. The first-order valence-electron chi connectivity index (χ1n) is 9.35. The van der Waals surface area contributed by atoms with Gasteiger partial charge in [0.25, 0.3) is 0 Å². The molecule has 1 aromatic heterocycles. The minimum atomic E-state index is -0.238. The maximum atomic E-state index is 12.2. The van der Waals surface area contributed by atoms with Gasteiger partial charge in [0.05, 0.1) is 18.4 Å². The lowest BCUT2D eigenvalue weighted by molar-refractivity contribution is -0.111. The maximum Gasteiger partial charge on any atom is 0.248 e. The van der Waals surface area contributed by atoms with Crippen LogP contribution in [0.3, 0.4) is 0 Å². The molecule has 6 nitrogen and oxygen atoms in total. The zero-order valence-corrected chi connectivity index (χ0v) is 18.0. The van der Waals surface area contributed by atoms with Crippen molar-refractivity contribution in [3.05, 3.63) is 75.6 Å². The molecular formula is C23H23ClN2O4. The number of hydrogen-bond acceptors (Lipinski definition) is 5. The minimum absolute atomic E-state index is 0.238. The van der Waals surface area contributed by atoms with Crippen LogP contribution < -0.4 is 14.8 Å². The van der Waals surface area contributed by atoms with Crippen molar-refractivity contribution >= 4 is 29.3 Å². The fourth-order valence-electron chi connectivity index (χ4n) is 2.88. The van der Waals surface area contributed by atoms with Crippen LogP contribution in [0.1, 0.15) is 28.1 Å². The third-order valence-corrected chi connectivity index (χ3v) is 4.85. The summed E-state index contributed by atoms with van der Waals surface area (Å²) < 4.78 is 16.5. The molecule has 0 fully saturated rings. The van der Waals surface area contributed by atoms with Crippen LogP contribution in [0.2, 0.25) is 5.02 Å². The number of benzene rings is 2. The molecule has 0 aliphatic rings. The van der Waals surface area contributed by atoms with Gasteiger partial charge in [-0.15, -0.1) is 0 Å². The van der Waals surface area contributed by atoms with Gasteiger partial charge in [-0.05, 0) is 68.3 Å². The predicted molar refractivity (Wildman–Crippen MR) is 117 cm³/mol. The third-order valence-electron chi connectivity index (χ3n) is 4.61. The Hall–Kier alpha value is -3.25. The number of aromatic nitrogens is 1. The van der Waals surface area contributed by atoms with Crippen molar-refractivity contribution in [2.45, 2.75) is 27.4 Å². The number of carbonyl (C=O) groups is 1. The van der Waals surface area contributed by atoms with E-state index in [1.807, 2.05) is 26.8 Å². The molecule has 156 valence electrons. The highest BCUT2D eigenvalue weighted by Crippen LogP contribution is 2.30. The number of hydrogen-bond donors (Lipinski definition) is 1. The molecule has 0 aliphatic carbocycles. The van der Waals surface area contributed by atoms with E-state index in [0.29, 0.717) is 23.1 Å². The monoisotopic (exact) mass is 426 g/mol. The average Bonchev–Trinajstić information content (AvgIpc) is 3.04. The average molecular weight is 427 g/mol. The Balaban J connectivity index is 1.67. The first-order valence-corrected chi connectivity index (χ1v) is 9.73. The molecule has 0 radical (unpaired) electrons. The molecule has 0 atom stereocenters. The Morgan fingerprint density at radius 3 is 2.63 bits per heavy atom. The van der Waals surface area contributed by atoms with Crippen molar-refractivity contribution in [3.8, 4) is 11.5 Å². The van der Waals surface area contributed by atoms with Crippen LogP contribution in [0.4, 0.5) is 5.69 Å². The molecule has 1 amide bonds. The molecule has 3 rings (SSSR count). The number of carbonyl (C=O) groups excluding carboxylic acids is 1. The van der Waals surface area contributed by atoms with Crippen LogP contribution in [-0.2, 0) is 11.4 Å². The van der Waals surface area contributed by atoms with Gasteiger partial charge in [0, 0.05) is 16.8 Å². The summed E-state index contributed by atoms with van der Waals surface area (Å²) >= 11 is 5.95. The molecule has 2 aromatic carbocycles. The second kappa shape index (κ2) is 9.50. The van der Waals surface area contributed by atoms with E-state index in [0.717, 1.165) is 33.8 Å². The molecule has 0 bridgehead atoms. The molecule has 1 heterocycles. The SMILES string of the molecule is COc1cc(/C=C/C(=O)Nc2ccc(Cl)cc2C)ccc1OCc1c(C)noc1C. The second-order valence-corrected chi connectivity index (χ2v) is 7.22. The summed E-state index contributed by atoms with van der Waals surface area (Å²) in [7, 11) is 1.57. The highest BCUT2D eigenvalue weighted by molar-refractivity contribution is 6.30. The summed E-state index contributed by atoms with van der Waals surface area (Å²) in [6, 6.07) is 10.8. The van der Waals surface area contributed by atoms with Gasteiger partial charge in [0.2, 0.25) is 5.91 Å². The van der Waals surface area contributed by atoms with E-state index >= 15 is 0 Å². The summed E-state index contributed by atoms with van der Waals surface area (Å²) in [5.74, 6) is 1.65. The van der Waals surface area contributed by atoms with E-state index in [-0.39, 0.29) is 5.91 Å². The number of anilines is 1. The van der Waals surface area contributed by atoms with Crippen LogP contribution in [-0.4, -0.2) is 18.2 Å². The third kappa shape index (κ3) is 5.21. The Morgan fingerprint density at radius 2 is 1.97 bits per heavy atom. The van der Waals surface area contributed by atoms with Crippen LogP contribution in [0, 0.1) is 20.8 Å². The molecule has 0 saturated heterocycles. The Labute approximate surface area is 180 Å². The predicted octanol–water partition coefficient (Wildman–Crippen LogP) is 5.49. The number of ether oxygens (including phenoxy) is 2. The summed E-state index contributed by atoms with van der Waals surface area (Å²) in [4.78, 5) is 12.2. The smallest absolute Gasteiger partial charge is 0.248 e.